The van der Waals surface area contributed by atoms with Gasteiger partial charge in [-0.25, -0.2) is 4.39 Å². The zero-order chi connectivity index (χ0) is 27.4. The highest BCUT2D eigenvalue weighted by Crippen LogP contribution is 2.46. The smallest absolute Gasteiger partial charge is 0.379 e. The summed E-state index contributed by atoms with van der Waals surface area (Å²) in [5.41, 5.74) is -0.503. The summed E-state index contributed by atoms with van der Waals surface area (Å²) in [5, 5.41) is 7.68. The summed E-state index contributed by atoms with van der Waals surface area (Å²) in [5.74, 6) is -0.372. The fraction of sp³-hybridized carbons (Fsp3) is 0.444. The first-order chi connectivity index (χ1) is 18.7. The molecule has 8 nitrogen and oxygen atoms in total. The van der Waals surface area contributed by atoms with Crippen LogP contribution in [0.3, 0.4) is 0 Å². The minimum atomic E-state index is -4.62. The van der Waals surface area contributed by atoms with Crippen molar-refractivity contribution in [2.24, 2.45) is 7.05 Å². The number of aromatic nitrogens is 3. The number of anilines is 1. The molecule has 0 N–H and O–H groups in total. The molecule has 4 heterocycles. The standard InChI is InChI=1S/C27H27F4N5O3/c1-34-15-32-33-24(34)23(28)26(13-39-14-26)18-4-2-5-19(10-18)36-12-21-20(25(36)37)8-17(9-22(21)27(29,30)31)11-35-6-3-7-38-16-35/h2,4-5,8-10,15,23H,3,6-7,11-14,16H2,1H3/t23-/m0/s1. The number of ether oxygens (including phenoxy) is 2. The van der Waals surface area contributed by atoms with Gasteiger partial charge in [-0.05, 0) is 47.4 Å². The minimum absolute atomic E-state index is 0.0345. The molecule has 3 aliphatic rings. The Bertz CT molecular complexity index is 1400. The largest absolute Gasteiger partial charge is 0.416 e. The highest BCUT2D eigenvalue weighted by molar-refractivity contribution is 6.10. The molecular weight excluding hydrogens is 518 g/mol. The van der Waals surface area contributed by atoms with Crippen molar-refractivity contribution in [1.82, 2.24) is 19.7 Å². The molecule has 0 bridgehead atoms. The van der Waals surface area contributed by atoms with E-state index in [2.05, 4.69) is 10.2 Å². The summed E-state index contributed by atoms with van der Waals surface area (Å²) in [7, 11) is 1.65. The topological polar surface area (TPSA) is 72.7 Å². The van der Waals surface area contributed by atoms with Crippen molar-refractivity contribution in [3.05, 3.63) is 76.4 Å². The van der Waals surface area contributed by atoms with Gasteiger partial charge in [-0.15, -0.1) is 10.2 Å². The van der Waals surface area contributed by atoms with Gasteiger partial charge in [0.05, 0.1) is 37.5 Å². The van der Waals surface area contributed by atoms with Crippen LogP contribution in [0.1, 0.15) is 51.0 Å². The van der Waals surface area contributed by atoms with Crippen LogP contribution < -0.4 is 4.90 Å². The van der Waals surface area contributed by atoms with E-state index >= 15 is 4.39 Å². The second-order valence-electron chi connectivity index (χ2n) is 10.4. The van der Waals surface area contributed by atoms with Gasteiger partial charge in [0.1, 0.15) is 6.33 Å². The van der Waals surface area contributed by atoms with Crippen LogP contribution in [0.4, 0.5) is 23.2 Å². The fourth-order valence-electron chi connectivity index (χ4n) is 5.59. The SMILES string of the molecule is Cn1cnnc1[C@H](F)C1(c2cccc(N3Cc4c(cc(CN5CCCOC5)cc4C(F)(F)F)C3=O)c2)COC1. The zero-order valence-corrected chi connectivity index (χ0v) is 21.2. The van der Waals surface area contributed by atoms with Gasteiger partial charge in [0, 0.05) is 38.0 Å². The molecule has 3 aromatic rings. The Morgan fingerprint density at radius 2 is 1.97 bits per heavy atom. The molecule has 1 aromatic heterocycles. The number of carbonyl (C=O) groups excluding carboxylic acids is 1. The van der Waals surface area contributed by atoms with E-state index < -0.39 is 29.2 Å². The van der Waals surface area contributed by atoms with Crippen LogP contribution in [0.2, 0.25) is 0 Å². The molecule has 39 heavy (non-hydrogen) atoms. The third kappa shape index (κ3) is 4.50. The molecule has 0 saturated carbocycles. The van der Waals surface area contributed by atoms with E-state index in [4.69, 9.17) is 9.47 Å². The number of amides is 1. The molecule has 6 rings (SSSR count). The van der Waals surface area contributed by atoms with Gasteiger partial charge in [-0.1, -0.05) is 12.1 Å². The molecule has 0 aliphatic carbocycles. The number of aryl methyl sites for hydroxylation is 1. The first kappa shape index (κ1) is 25.9. The van der Waals surface area contributed by atoms with Crippen LogP contribution in [0, 0.1) is 0 Å². The van der Waals surface area contributed by atoms with Crippen LogP contribution in [-0.2, 0) is 41.2 Å². The summed E-state index contributed by atoms with van der Waals surface area (Å²) in [4.78, 5) is 16.8. The van der Waals surface area contributed by atoms with E-state index in [0.717, 1.165) is 12.5 Å². The third-order valence-corrected chi connectivity index (χ3v) is 7.76. The zero-order valence-electron chi connectivity index (χ0n) is 21.2. The first-order valence-electron chi connectivity index (χ1n) is 12.7. The van der Waals surface area contributed by atoms with Crippen molar-refractivity contribution in [3.63, 3.8) is 0 Å². The monoisotopic (exact) mass is 545 g/mol. The Kier molecular flexibility index (Phi) is 6.43. The predicted octanol–water partition coefficient (Wildman–Crippen LogP) is 4.15. The normalized spacial score (nSPS) is 20.1. The fourth-order valence-corrected chi connectivity index (χ4v) is 5.59. The molecule has 2 fully saturated rings. The van der Waals surface area contributed by atoms with Crippen LogP contribution >= 0.6 is 0 Å². The molecule has 2 saturated heterocycles. The maximum Gasteiger partial charge on any atom is 0.416 e. The summed E-state index contributed by atoms with van der Waals surface area (Å²) in [6.45, 7) is 1.88. The highest BCUT2D eigenvalue weighted by atomic mass is 19.4. The predicted molar refractivity (Wildman–Crippen MR) is 132 cm³/mol. The van der Waals surface area contributed by atoms with Crippen molar-refractivity contribution in [3.8, 4) is 0 Å². The Hall–Kier alpha value is -3.35. The number of fused-ring (bicyclic) bond motifs is 1. The first-order valence-corrected chi connectivity index (χ1v) is 12.7. The van der Waals surface area contributed by atoms with Crippen molar-refractivity contribution in [1.29, 1.82) is 0 Å². The summed E-state index contributed by atoms with van der Waals surface area (Å²) >= 11 is 0. The number of rotatable bonds is 6. The van der Waals surface area contributed by atoms with Crippen molar-refractivity contribution >= 4 is 11.6 Å². The van der Waals surface area contributed by atoms with Gasteiger partial charge >= 0.3 is 6.18 Å². The minimum Gasteiger partial charge on any atom is -0.379 e. The molecule has 1 atom stereocenters. The lowest BCUT2D eigenvalue weighted by molar-refractivity contribution is -0.138. The van der Waals surface area contributed by atoms with Crippen LogP contribution in [0.15, 0.2) is 42.7 Å². The van der Waals surface area contributed by atoms with E-state index in [0.29, 0.717) is 36.7 Å². The molecule has 12 heteroatoms. The van der Waals surface area contributed by atoms with Crippen molar-refractivity contribution < 1.29 is 31.8 Å². The molecular formula is C27H27F4N5O3. The Balaban J connectivity index is 1.33. The van der Waals surface area contributed by atoms with E-state index in [1.807, 2.05) is 4.90 Å². The van der Waals surface area contributed by atoms with E-state index in [1.54, 1.807) is 37.4 Å². The average molecular weight is 546 g/mol. The van der Waals surface area contributed by atoms with E-state index in [-0.39, 0.29) is 43.3 Å². The summed E-state index contributed by atoms with van der Waals surface area (Å²) in [6, 6.07) is 9.41. The molecule has 1 amide bonds. The van der Waals surface area contributed by atoms with E-state index in [9.17, 15) is 18.0 Å². The van der Waals surface area contributed by atoms with Gasteiger partial charge in [-0.3, -0.25) is 9.69 Å². The van der Waals surface area contributed by atoms with Crippen LogP contribution in [0.25, 0.3) is 0 Å². The maximum absolute atomic E-state index is 15.8. The Morgan fingerprint density at radius 1 is 1.15 bits per heavy atom. The van der Waals surface area contributed by atoms with Crippen LogP contribution in [-0.4, -0.2) is 58.7 Å². The highest BCUT2D eigenvalue weighted by Gasteiger charge is 2.51. The second kappa shape index (κ2) is 9.68. The second-order valence-corrected chi connectivity index (χ2v) is 10.4. The summed E-state index contributed by atoms with van der Waals surface area (Å²) in [6.07, 6.45) is -3.94. The number of carbonyl (C=O) groups is 1. The molecule has 0 radical (unpaired) electrons. The lowest BCUT2D eigenvalue weighted by Gasteiger charge is -2.43. The number of halogens is 4. The summed E-state index contributed by atoms with van der Waals surface area (Å²) < 4.78 is 70.6. The molecule has 2 aromatic carbocycles. The quantitative estimate of drug-likeness (QED) is 0.434. The number of alkyl halides is 4. The Labute approximate surface area is 222 Å². The van der Waals surface area contributed by atoms with Crippen molar-refractivity contribution in [2.75, 3.05) is 38.0 Å². The lowest BCUT2D eigenvalue weighted by atomic mass is 9.74. The van der Waals surface area contributed by atoms with Gasteiger partial charge < -0.3 is 18.9 Å². The van der Waals surface area contributed by atoms with Crippen LogP contribution in [0.5, 0.6) is 0 Å². The number of hydrogen-bond acceptors (Lipinski definition) is 6. The third-order valence-electron chi connectivity index (χ3n) is 7.76. The van der Waals surface area contributed by atoms with Gasteiger partial charge in [0.25, 0.3) is 5.91 Å². The van der Waals surface area contributed by atoms with Gasteiger partial charge in [0.15, 0.2) is 12.0 Å². The molecule has 0 unspecified atom stereocenters. The number of hydrogen-bond donors (Lipinski definition) is 0. The van der Waals surface area contributed by atoms with Gasteiger partial charge in [-0.2, -0.15) is 13.2 Å². The number of nitrogens with zero attached hydrogens (tertiary/aromatic N) is 5. The van der Waals surface area contributed by atoms with Gasteiger partial charge in [0.2, 0.25) is 0 Å². The molecule has 206 valence electrons. The number of benzene rings is 2. The lowest BCUT2D eigenvalue weighted by Crippen LogP contribution is -2.50. The van der Waals surface area contributed by atoms with Crippen molar-refractivity contribution in [2.45, 2.75) is 37.3 Å². The van der Waals surface area contributed by atoms with E-state index in [1.165, 1.54) is 15.8 Å². The average Bonchev–Trinajstić information content (AvgIpc) is 3.46. The molecule has 0 spiro atoms. The Morgan fingerprint density at radius 3 is 2.62 bits per heavy atom. The maximum atomic E-state index is 15.8. The molecule has 3 aliphatic heterocycles.